The molecule has 1 N–H and O–H groups in total. The largest absolute Gasteiger partial charge is 0.478 e. The Kier molecular flexibility index (Phi) is 4.44. The summed E-state index contributed by atoms with van der Waals surface area (Å²) in [5.41, 5.74) is -4.11. The van der Waals surface area contributed by atoms with E-state index in [1.54, 1.807) is 0 Å². The molecule has 0 atom stereocenters. The minimum Gasteiger partial charge on any atom is -0.478 e. The fraction of sp³-hybridized carbons (Fsp3) is 0. The standard InChI is InChI=1S/C15H6F6O2/c16-9(6-4-2-1-3-5-6)10(17)7-8(15(22)23)12(19)14(21)13(20)11(7)18/h1-5H,(H,22,23). The van der Waals surface area contributed by atoms with Gasteiger partial charge in [0.1, 0.15) is 5.56 Å². The molecular formula is C15H6F6O2. The van der Waals surface area contributed by atoms with Gasteiger partial charge >= 0.3 is 5.97 Å². The first-order chi connectivity index (χ1) is 10.8. The second-order valence-corrected chi connectivity index (χ2v) is 4.31. The van der Waals surface area contributed by atoms with Gasteiger partial charge in [-0.15, -0.1) is 0 Å². The van der Waals surface area contributed by atoms with E-state index in [1.807, 2.05) is 0 Å². The fourth-order valence-corrected chi connectivity index (χ4v) is 1.86. The second-order valence-electron chi connectivity index (χ2n) is 4.31. The van der Waals surface area contributed by atoms with Gasteiger partial charge in [-0.2, -0.15) is 0 Å². The van der Waals surface area contributed by atoms with Crippen molar-refractivity contribution in [2.24, 2.45) is 0 Å². The molecular weight excluding hydrogens is 326 g/mol. The van der Waals surface area contributed by atoms with Crippen LogP contribution in [0, 0.1) is 23.3 Å². The molecule has 23 heavy (non-hydrogen) atoms. The van der Waals surface area contributed by atoms with E-state index in [4.69, 9.17) is 5.11 Å². The van der Waals surface area contributed by atoms with Crippen molar-refractivity contribution in [3.63, 3.8) is 0 Å². The van der Waals surface area contributed by atoms with E-state index in [0.717, 1.165) is 12.1 Å². The predicted octanol–water partition coefficient (Wildman–Crippen LogP) is 4.71. The summed E-state index contributed by atoms with van der Waals surface area (Å²) < 4.78 is 81.7. The molecule has 2 aromatic rings. The predicted molar refractivity (Wildman–Crippen MR) is 68.7 cm³/mol. The van der Waals surface area contributed by atoms with E-state index >= 15 is 0 Å². The Morgan fingerprint density at radius 2 is 1.22 bits per heavy atom. The zero-order valence-electron chi connectivity index (χ0n) is 11.0. The van der Waals surface area contributed by atoms with Crippen molar-refractivity contribution in [1.82, 2.24) is 0 Å². The van der Waals surface area contributed by atoms with Gasteiger partial charge in [0.05, 0.1) is 5.56 Å². The Bertz CT molecular complexity index is 815. The van der Waals surface area contributed by atoms with Crippen LogP contribution in [-0.4, -0.2) is 11.1 Å². The quantitative estimate of drug-likeness (QED) is 0.383. The maximum absolute atomic E-state index is 14.1. The van der Waals surface area contributed by atoms with Crippen molar-refractivity contribution >= 4 is 17.6 Å². The van der Waals surface area contributed by atoms with Gasteiger partial charge in [-0.3, -0.25) is 0 Å². The van der Waals surface area contributed by atoms with E-state index in [-0.39, 0.29) is 0 Å². The third-order valence-corrected chi connectivity index (χ3v) is 2.92. The molecule has 0 aliphatic rings. The van der Waals surface area contributed by atoms with Crippen LogP contribution in [0.4, 0.5) is 26.3 Å². The van der Waals surface area contributed by atoms with E-state index < -0.39 is 57.6 Å². The highest BCUT2D eigenvalue weighted by Gasteiger charge is 2.32. The van der Waals surface area contributed by atoms with E-state index in [2.05, 4.69) is 0 Å². The number of rotatable bonds is 3. The maximum Gasteiger partial charge on any atom is 0.339 e. The Hall–Kier alpha value is -2.77. The van der Waals surface area contributed by atoms with Crippen molar-refractivity contribution in [1.29, 1.82) is 0 Å². The highest BCUT2D eigenvalue weighted by atomic mass is 19.2. The Balaban J connectivity index is 2.85. The summed E-state index contributed by atoms with van der Waals surface area (Å²) in [7, 11) is 0. The van der Waals surface area contributed by atoms with Gasteiger partial charge < -0.3 is 5.11 Å². The van der Waals surface area contributed by atoms with Crippen LogP contribution in [0.2, 0.25) is 0 Å². The molecule has 0 aliphatic carbocycles. The molecule has 0 bridgehead atoms. The first-order valence-electron chi connectivity index (χ1n) is 5.97. The molecule has 0 aliphatic heterocycles. The van der Waals surface area contributed by atoms with Gasteiger partial charge in [0.15, 0.2) is 34.9 Å². The molecule has 0 unspecified atom stereocenters. The molecule has 0 saturated heterocycles. The lowest BCUT2D eigenvalue weighted by molar-refractivity contribution is 0.0688. The van der Waals surface area contributed by atoms with Gasteiger partial charge in [-0.25, -0.2) is 31.1 Å². The second kappa shape index (κ2) is 6.15. The first kappa shape index (κ1) is 16.6. The molecule has 0 aromatic heterocycles. The summed E-state index contributed by atoms with van der Waals surface area (Å²) in [5, 5.41) is 8.78. The van der Waals surface area contributed by atoms with Gasteiger partial charge in [0, 0.05) is 5.56 Å². The van der Waals surface area contributed by atoms with Crippen molar-refractivity contribution in [2.45, 2.75) is 0 Å². The molecule has 8 heteroatoms. The lowest BCUT2D eigenvalue weighted by Gasteiger charge is -2.10. The monoisotopic (exact) mass is 332 g/mol. The smallest absolute Gasteiger partial charge is 0.339 e. The molecule has 2 rings (SSSR count). The van der Waals surface area contributed by atoms with Crippen molar-refractivity contribution in [3.05, 3.63) is 70.3 Å². The Labute approximate surface area is 125 Å². The van der Waals surface area contributed by atoms with Crippen LogP contribution in [0.1, 0.15) is 21.5 Å². The minimum absolute atomic E-state index is 0.425. The zero-order valence-corrected chi connectivity index (χ0v) is 11.0. The Morgan fingerprint density at radius 3 is 1.70 bits per heavy atom. The average Bonchev–Trinajstić information content (AvgIpc) is 2.55. The number of carbonyl (C=O) groups is 1. The summed E-state index contributed by atoms with van der Waals surface area (Å²) in [5.74, 6) is -15.8. The molecule has 0 fully saturated rings. The number of hydrogen-bond donors (Lipinski definition) is 1. The molecule has 120 valence electrons. The first-order valence-corrected chi connectivity index (χ1v) is 5.97. The Morgan fingerprint density at radius 1 is 0.739 bits per heavy atom. The molecule has 0 amide bonds. The van der Waals surface area contributed by atoms with E-state index in [0.29, 0.717) is 0 Å². The minimum atomic E-state index is -2.45. The van der Waals surface area contributed by atoms with Crippen molar-refractivity contribution in [2.75, 3.05) is 0 Å². The normalized spacial score (nSPS) is 12.1. The lowest BCUT2D eigenvalue weighted by Crippen LogP contribution is -2.12. The number of hydrogen-bond acceptors (Lipinski definition) is 1. The SMILES string of the molecule is O=C(O)c1c(F)c(F)c(F)c(F)c1C(F)=C(F)c1ccccc1. The molecule has 0 spiro atoms. The number of carboxylic acid groups (broad SMARTS) is 1. The van der Waals surface area contributed by atoms with Gasteiger partial charge in [0.2, 0.25) is 0 Å². The van der Waals surface area contributed by atoms with E-state index in [9.17, 15) is 31.1 Å². The van der Waals surface area contributed by atoms with Crippen LogP contribution >= 0.6 is 0 Å². The molecule has 2 nitrogen and oxygen atoms in total. The number of aromatic carboxylic acids is 1. The third-order valence-electron chi connectivity index (χ3n) is 2.92. The molecule has 0 radical (unpaired) electrons. The van der Waals surface area contributed by atoms with Crippen LogP contribution in [-0.2, 0) is 0 Å². The summed E-state index contributed by atoms with van der Waals surface area (Å²) >= 11 is 0. The molecule has 0 saturated carbocycles. The number of benzene rings is 2. The van der Waals surface area contributed by atoms with Crippen LogP contribution in [0.25, 0.3) is 11.7 Å². The van der Waals surface area contributed by atoms with Gasteiger partial charge in [-0.05, 0) is 0 Å². The molecule has 0 heterocycles. The maximum atomic E-state index is 14.1. The van der Waals surface area contributed by atoms with Crippen LogP contribution < -0.4 is 0 Å². The average molecular weight is 332 g/mol. The summed E-state index contributed by atoms with van der Waals surface area (Å²) in [6.45, 7) is 0. The van der Waals surface area contributed by atoms with Crippen LogP contribution in [0.5, 0.6) is 0 Å². The fourth-order valence-electron chi connectivity index (χ4n) is 1.86. The highest BCUT2D eigenvalue weighted by Crippen LogP contribution is 2.35. The van der Waals surface area contributed by atoms with Gasteiger partial charge in [-0.1, -0.05) is 30.3 Å². The summed E-state index contributed by atoms with van der Waals surface area (Å²) in [6, 6.07) is 6.16. The van der Waals surface area contributed by atoms with Gasteiger partial charge in [0.25, 0.3) is 0 Å². The zero-order chi connectivity index (χ0) is 17.3. The topological polar surface area (TPSA) is 37.3 Å². The number of carboxylic acids is 1. The third kappa shape index (κ3) is 2.79. The summed E-state index contributed by atoms with van der Waals surface area (Å²) in [6.07, 6.45) is 0. The van der Waals surface area contributed by atoms with Crippen LogP contribution in [0.3, 0.4) is 0 Å². The number of halogens is 6. The highest BCUT2D eigenvalue weighted by molar-refractivity contribution is 5.97. The lowest BCUT2D eigenvalue weighted by atomic mass is 10.0. The summed E-state index contributed by atoms with van der Waals surface area (Å²) in [4.78, 5) is 10.9. The van der Waals surface area contributed by atoms with Crippen LogP contribution in [0.15, 0.2) is 30.3 Å². The van der Waals surface area contributed by atoms with Crippen molar-refractivity contribution in [3.8, 4) is 0 Å². The molecule has 2 aromatic carbocycles. The van der Waals surface area contributed by atoms with E-state index in [1.165, 1.54) is 18.2 Å². The van der Waals surface area contributed by atoms with Crippen molar-refractivity contribution < 1.29 is 36.2 Å².